The van der Waals surface area contributed by atoms with Crippen molar-refractivity contribution in [2.45, 2.75) is 50.0 Å². The Labute approximate surface area is 208 Å². The Morgan fingerprint density at radius 2 is 1.80 bits per heavy atom. The van der Waals surface area contributed by atoms with Crippen LogP contribution in [0.2, 0.25) is 0 Å². The molecule has 1 aliphatic heterocycles. The summed E-state index contributed by atoms with van der Waals surface area (Å²) in [4.78, 5) is 21.3. The molecule has 10 heteroatoms. The van der Waals surface area contributed by atoms with Gasteiger partial charge in [0.2, 0.25) is 15.9 Å². The number of hydrogen-bond donors (Lipinski definition) is 3. The van der Waals surface area contributed by atoms with Gasteiger partial charge in [-0.2, -0.15) is 4.72 Å². The summed E-state index contributed by atoms with van der Waals surface area (Å²) in [5.41, 5.74) is 11.7. The van der Waals surface area contributed by atoms with E-state index in [2.05, 4.69) is 16.6 Å². The molecule has 1 heterocycles. The molecule has 0 aliphatic carbocycles. The van der Waals surface area contributed by atoms with Crippen molar-refractivity contribution in [3.05, 3.63) is 36.4 Å². The Balaban J connectivity index is 1.89. The number of sulfonamides is 1. The number of nitrogens with two attached hydrogens (primary N) is 2. The number of nitrogens with zero attached hydrogens (tertiary/aromatic N) is 3. The molecule has 1 amide bonds. The number of benzene rings is 2. The van der Waals surface area contributed by atoms with Crippen LogP contribution in [-0.4, -0.2) is 65.0 Å². The van der Waals surface area contributed by atoms with E-state index in [9.17, 15) is 13.2 Å². The maximum absolute atomic E-state index is 13.6. The van der Waals surface area contributed by atoms with Gasteiger partial charge in [0.1, 0.15) is 6.04 Å². The van der Waals surface area contributed by atoms with Crippen molar-refractivity contribution in [1.29, 1.82) is 0 Å². The lowest BCUT2D eigenvalue weighted by Gasteiger charge is -2.34. The number of rotatable bonds is 10. The molecule has 35 heavy (non-hydrogen) atoms. The summed E-state index contributed by atoms with van der Waals surface area (Å²) in [7, 11) is -0.147. The van der Waals surface area contributed by atoms with Gasteiger partial charge in [0, 0.05) is 50.2 Å². The summed E-state index contributed by atoms with van der Waals surface area (Å²) in [6.07, 6.45) is 3.74. The van der Waals surface area contributed by atoms with Gasteiger partial charge in [-0.25, -0.2) is 8.42 Å². The minimum Gasteiger partial charge on any atom is -0.377 e. The van der Waals surface area contributed by atoms with Gasteiger partial charge >= 0.3 is 0 Å². The second kappa shape index (κ2) is 11.7. The summed E-state index contributed by atoms with van der Waals surface area (Å²) < 4.78 is 29.9. The number of amides is 1. The van der Waals surface area contributed by atoms with Crippen LogP contribution in [0.5, 0.6) is 0 Å². The Morgan fingerprint density at radius 3 is 2.43 bits per heavy atom. The fourth-order valence-electron chi connectivity index (χ4n) is 4.66. The first-order valence-electron chi connectivity index (χ1n) is 12.2. The van der Waals surface area contributed by atoms with Gasteiger partial charge in [0.05, 0.1) is 4.90 Å². The van der Waals surface area contributed by atoms with Crippen molar-refractivity contribution in [2.75, 3.05) is 38.6 Å². The van der Waals surface area contributed by atoms with Gasteiger partial charge in [0.25, 0.3) is 0 Å². The lowest BCUT2D eigenvalue weighted by molar-refractivity contribution is -0.134. The first-order chi connectivity index (χ1) is 16.6. The third-order valence-electron chi connectivity index (χ3n) is 6.67. The van der Waals surface area contributed by atoms with Gasteiger partial charge in [-0.05, 0) is 43.7 Å². The molecule has 1 atom stereocenters. The van der Waals surface area contributed by atoms with E-state index in [0.29, 0.717) is 43.8 Å². The second-order valence-electron chi connectivity index (χ2n) is 9.32. The van der Waals surface area contributed by atoms with Crippen LogP contribution in [0.4, 0.5) is 5.69 Å². The molecule has 0 radical (unpaired) electrons. The lowest BCUT2D eigenvalue weighted by Crippen LogP contribution is -2.50. The van der Waals surface area contributed by atoms with Crippen LogP contribution in [0.3, 0.4) is 0 Å². The normalized spacial score (nSPS) is 15.7. The first-order valence-corrected chi connectivity index (χ1v) is 13.7. The van der Waals surface area contributed by atoms with E-state index in [1.807, 2.05) is 37.2 Å². The van der Waals surface area contributed by atoms with E-state index in [-0.39, 0.29) is 16.8 Å². The summed E-state index contributed by atoms with van der Waals surface area (Å²) in [5.74, 6) is 0.391. The summed E-state index contributed by atoms with van der Waals surface area (Å²) in [5, 5.41) is 1.44. The highest BCUT2D eigenvalue weighted by Crippen LogP contribution is 2.30. The quantitative estimate of drug-likeness (QED) is 0.259. The molecule has 0 aromatic heterocycles. The predicted octanol–water partition coefficient (Wildman–Crippen LogP) is 2.25. The third kappa shape index (κ3) is 6.64. The zero-order chi connectivity index (χ0) is 25.6. The molecule has 0 saturated carbocycles. The van der Waals surface area contributed by atoms with Crippen LogP contribution in [0.15, 0.2) is 46.3 Å². The van der Waals surface area contributed by atoms with Crippen molar-refractivity contribution < 1.29 is 13.2 Å². The summed E-state index contributed by atoms with van der Waals surface area (Å²) >= 11 is 0. The van der Waals surface area contributed by atoms with Crippen LogP contribution in [0, 0.1) is 5.92 Å². The zero-order valence-electron chi connectivity index (χ0n) is 20.9. The fraction of sp³-hybridized carbons (Fsp3) is 0.520. The third-order valence-corrected chi connectivity index (χ3v) is 8.20. The number of carbonyl (C=O) groups excluding carboxylic acids is 1. The van der Waals surface area contributed by atoms with Crippen LogP contribution in [0.1, 0.15) is 39.0 Å². The Morgan fingerprint density at radius 1 is 1.14 bits per heavy atom. The van der Waals surface area contributed by atoms with E-state index < -0.39 is 16.1 Å². The molecule has 1 unspecified atom stereocenters. The highest BCUT2D eigenvalue weighted by atomic mass is 32.2. The predicted molar refractivity (Wildman–Crippen MR) is 142 cm³/mol. The molecule has 0 bridgehead atoms. The van der Waals surface area contributed by atoms with E-state index in [1.54, 1.807) is 23.1 Å². The van der Waals surface area contributed by atoms with Crippen molar-refractivity contribution in [2.24, 2.45) is 22.4 Å². The number of anilines is 1. The second-order valence-corrected chi connectivity index (χ2v) is 11.0. The lowest BCUT2D eigenvalue weighted by atomic mass is 9.94. The van der Waals surface area contributed by atoms with E-state index >= 15 is 0 Å². The molecule has 2 aromatic rings. The molecule has 9 nitrogen and oxygen atoms in total. The molecule has 1 aliphatic rings. The molecular weight excluding hydrogens is 464 g/mol. The molecular formula is C25H38N6O3S. The molecule has 2 aromatic carbocycles. The van der Waals surface area contributed by atoms with Gasteiger partial charge in [0.15, 0.2) is 5.96 Å². The maximum Gasteiger partial charge on any atom is 0.241 e. The van der Waals surface area contributed by atoms with Crippen molar-refractivity contribution in [3.8, 4) is 0 Å². The summed E-state index contributed by atoms with van der Waals surface area (Å²) in [6, 6.07) is 9.91. The smallest absolute Gasteiger partial charge is 0.241 e. The molecule has 5 N–H and O–H groups in total. The van der Waals surface area contributed by atoms with Gasteiger partial charge < -0.3 is 21.3 Å². The minimum absolute atomic E-state index is 0.0254. The van der Waals surface area contributed by atoms with E-state index in [1.165, 1.54) is 0 Å². The monoisotopic (exact) mass is 502 g/mol. The zero-order valence-corrected chi connectivity index (χ0v) is 21.7. The highest BCUT2D eigenvalue weighted by molar-refractivity contribution is 7.89. The minimum atomic E-state index is -3.98. The first kappa shape index (κ1) is 26.7. The summed E-state index contributed by atoms with van der Waals surface area (Å²) in [6.45, 7) is 3.77. The van der Waals surface area contributed by atoms with Crippen LogP contribution < -0.4 is 21.1 Å². The number of likely N-dealkylation sites (tertiary alicyclic amines) is 1. The average Bonchev–Trinajstić information content (AvgIpc) is 2.84. The van der Waals surface area contributed by atoms with Crippen LogP contribution >= 0.6 is 0 Å². The van der Waals surface area contributed by atoms with Crippen molar-refractivity contribution >= 4 is 38.3 Å². The average molecular weight is 503 g/mol. The maximum atomic E-state index is 13.6. The number of aliphatic imine (C=N–C) groups is 1. The molecule has 3 rings (SSSR count). The van der Waals surface area contributed by atoms with Crippen LogP contribution in [0.25, 0.3) is 10.8 Å². The van der Waals surface area contributed by atoms with Gasteiger partial charge in [-0.3, -0.25) is 9.79 Å². The topological polar surface area (TPSA) is 134 Å². The standard InChI is InChI=1S/C25H38N6O3S/c1-4-18-13-16-31(17-14-18)24(32)21(10-7-15-28-25(26)27)29-35(33,34)23-12-6-8-19-20(23)9-5-11-22(19)30(2)3/h5-6,8-9,11-12,18,21,29H,4,7,10,13-17H2,1-3H3,(H4,26,27,28). The highest BCUT2D eigenvalue weighted by Gasteiger charge is 2.31. The number of piperidine rings is 1. The Kier molecular flexibility index (Phi) is 8.96. The SMILES string of the molecule is CCC1CCN(C(=O)C(CCCN=C(N)N)NS(=O)(=O)c2cccc3c(N(C)C)cccc23)CC1. The molecule has 1 saturated heterocycles. The van der Waals surface area contributed by atoms with Gasteiger partial charge in [-0.1, -0.05) is 37.6 Å². The van der Waals surface area contributed by atoms with Crippen molar-refractivity contribution in [1.82, 2.24) is 9.62 Å². The number of nitrogens with one attached hydrogen (secondary N) is 1. The number of carbonyl (C=O) groups is 1. The van der Waals surface area contributed by atoms with Crippen LogP contribution in [-0.2, 0) is 14.8 Å². The van der Waals surface area contributed by atoms with Gasteiger partial charge in [-0.15, -0.1) is 0 Å². The molecule has 0 spiro atoms. The fourth-order valence-corrected chi connectivity index (χ4v) is 6.10. The molecule has 1 fully saturated rings. The van der Waals surface area contributed by atoms with E-state index in [0.717, 1.165) is 30.3 Å². The number of guanidine groups is 1. The van der Waals surface area contributed by atoms with Crippen molar-refractivity contribution in [3.63, 3.8) is 0 Å². The Hall–Kier alpha value is -2.85. The molecule has 192 valence electrons. The number of fused-ring (bicyclic) bond motifs is 1. The van der Waals surface area contributed by atoms with E-state index in [4.69, 9.17) is 11.5 Å². The Bertz CT molecular complexity index is 1150. The number of hydrogen-bond acceptors (Lipinski definition) is 5. The largest absolute Gasteiger partial charge is 0.377 e.